The molecule has 0 amide bonds. The smallest absolute Gasteiger partial charge is 0.165 e. The van der Waals surface area contributed by atoms with Crippen LogP contribution in [0.25, 0.3) is 0 Å². The molecule has 18 heavy (non-hydrogen) atoms. The van der Waals surface area contributed by atoms with E-state index in [1.54, 1.807) is 6.07 Å². The summed E-state index contributed by atoms with van der Waals surface area (Å²) in [7, 11) is 1.48. The Kier molecular flexibility index (Phi) is 3.02. The Hall–Kier alpha value is -1.09. The highest BCUT2D eigenvalue weighted by molar-refractivity contribution is 5.32. The zero-order valence-electron chi connectivity index (χ0n) is 10.7. The van der Waals surface area contributed by atoms with Gasteiger partial charge in [0.2, 0.25) is 0 Å². The van der Waals surface area contributed by atoms with Crippen LogP contribution in [0.15, 0.2) is 18.2 Å². The summed E-state index contributed by atoms with van der Waals surface area (Å²) in [5.41, 5.74) is 7.22. The summed E-state index contributed by atoms with van der Waals surface area (Å²) in [6.45, 7) is 0. The molecule has 3 unspecified atom stereocenters. The lowest BCUT2D eigenvalue weighted by atomic mass is 10.0. The van der Waals surface area contributed by atoms with E-state index in [0.717, 1.165) is 17.4 Å². The van der Waals surface area contributed by atoms with Gasteiger partial charge in [-0.1, -0.05) is 18.9 Å². The maximum atomic E-state index is 13.7. The summed E-state index contributed by atoms with van der Waals surface area (Å²) in [5, 5.41) is 0. The first kappa shape index (κ1) is 12.0. The standard InChI is InChI=1S/C15H20FNO/c1-18-13-7-6-9(8-12(13)16)15(17)14-10-4-2-3-5-11(10)14/h6-8,10-11,14-15H,2-5,17H2,1H3. The molecule has 2 saturated carbocycles. The summed E-state index contributed by atoms with van der Waals surface area (Å²) < 4.78 is 18.6. The van der Waals surface area contributed by atoms with Crippen molar-refractivity contribution in [1.82, 2.24) is 0 Å². The Morgan fingerprint density at radius 1 is 1.28 bits per heavy atom. The number of methoxy groups -OCH3 is 1. The van der Waals surface area contributed by atoms with Gasteiger partial charge in [-0.3, -0.25) is 0 Å². The summed E-state index contributed by atoms with van der Waals surface area (Å²) in [6.07, 6.45) is 5.28. The van der Waals surface area contributed by atoms with E-state index in [1.807, 2.05) is 6.07 Å². The Balaban J connectivity index is 1.76. The SMILES string of the molecule is COc1ccc(C(N)C2C3CCCCC32)cc1F. The molecule has 0 bridgehead atoms. The average Bonchev–Trinajstić information content (AvgIpc) is 3.12. The molecule has 0 saturated heterocycles. The number of nitrogens with two attached hydrogens (primary N) is 1. The lowest BCUT2D eigenvalue weighted by molar-refractivity contribution is 0.385. The lowest BCUT2D eigenvalue weighted by Gasteiger charge is -2.13. The van der Waals surface area contributed by atoms with Crippen molar-refractivity contribution >= 4 is 0 Å². The van der Waals surface area contributed by atoms with Crippen LogP contribution in [0.2, 0.25) is 0 Å². The van der Waals surface area contributed by atoms with E-state index in [4.69, 9.17) is 10.5 Å². The van der Waals surface area contributed by atoms with Crippen LogP contribution in [0.1, 0.15) is 37.3 Å². The molecule has 2 nitrogen and oxygen atoms in total. The molecule has 3 heteroatoms. The number of ether oxygens (including phenoxy) is 1. The van der Waals surface area contributed by atoms with Crippen molar-refractivity contribution in [2.45, 2.75) is 31.7 Å². The van der Waals surface area contributed by atoms with Gasteiger partial charge in [0.15, 0.2) is 11.6 Å². The maximum absolute atomic E-state index is 13.7. The fourth-order valence-corrected chi connectivity index (χ4v) is 3.69. The molecule has 0 spiro atoms. The van der Waals surface area contributed by atoms with Crippen molar-refractivity contribution < 1.29 is 9.13 Å². The van der Waals surface area contributed by atoms with Crippen molar-refractivity contribution in [2.24, 2.45) is 23.5 Å². The summed E-state index contributed by atoms with van der Waals surface area (Å²) in [5.74, 6) is 2.13. The first-order valence-corrected chi connectivity index (χ1v) is 6.81. The quantitative estimate of drug-likeness (QED) is 0.892. The Morgan fingerprint density at radius 3 is 2.50 bits per heavy atom. The van der Waals surface area contributed by atoms with E-state index in [-0.39, 0.29) is 11.9 Å². The van der Waals surface area contributed by atoms with Crippen LogP contribution >= 0.6 is 0 Å². The molecule has 1 aromatic rings. The zero-order chi connectivity index (χ0) is 12.7. The molecule has 2 aliphatic rings. The van der Waals surface area contributed by atoms with Gasteiger partial charge in [-0.05, 0) is 48.3 Å². The summed E-state index contributed by atoms with van der Waals surface area (Å²) in [6, 6.07) is 5.10. The second-order valence-corrected chi connectivity index (χ2v) is 5.61. The third-order valence-corrected chi connectivity index (χ3v) is 4.70. The molecule has 0 heterocycles. The minimum Gasteiger partial charge on any atom is -0.494 e. The second kappa shape index (κ2) is 4.54. The van der Waals surface area contributed by atoms with Gasteiger partial charge in [-0.2, -0.15) is 0 Å². The molecule has 3 rings (SSSR count). The predicted molar refractivity (Wildman–Crippen MR) is 68.8 cm³/mol. The van der Waals surface area contributed by atoms with Crippen molar-refractivity contribution in [3.05, 3.63) is 29.6 Å². The highest BCUT2D eigenvalue weighted by Crippen LogP contribution is 2.59. The van der Waals surface area contributed by atoms with Crippen molar-refractivity contribution in [3.8, 4) is 5.75 Å². The van der Waals surface area contributed by atoms with Crippen LogP contribution in [-0.2, 0) is 0 Å². The predicted octanol–water partition coefficient (Wildman–Crippen LogP) is 3.27. The van der Waals surface area contributed by atoms with Crippen LogP contribution in [0.5, 0.6) is 5.75 Å². The topological polar surface area (TPSA) is 35.2 Å². The van der Waals surface area contributed by atoms with E-state index in [9.17, 15) is 4.39 Å². The van der Waals surface area contributed by atoms with E-state index >= 15 is 0 Å². The highest BCUT2D eigenvalue weighted by Gasteiger charge is 2.53. The number of hydrogen-bond acceptors (Lipinski definition) is 2. The molecular formula is C15H20FNO. The van der Waals surface area contributed by atoms with Gasteiger partial charge in [-0.25, -0.2) is 4.39 Å². The van der Waals surface area contributed by atoms with Gasteiger partial charge in [0.25, 0.3) is 0 Å². The molecule has 0 radical (unpaired) electrons. The van der Waals surface area contributed by atoms with E-state index in [1.165, 1.54) is 38.9 Å². The number of halogens is 1. The Morgan fingerprint density at radius 2 is 1.94 bits per heavy atom. The van der Waals surface area contributed by atoms with Crippen molar-refractivity contribution in [1.29, 1.82) is 0 Å². The van der Waals surface area contributed by atoms with E-state index in [0.29, 0.717) is 11.7 Å². The molecule has 1 aromatic carbocycles. The van der Waals surface area contributed by atoms with Crippen LogP contribution in [-0.4, -0.2) is 7.11 Å². The molecule has 0 aliphatic heterocycles. The first-order chi connectivity index (χ1) is 8.72. The largest absolute Gasteiger partial charge is 0.494 e. The number of benzene rings is 1. The normalized spacial score (nSPS) is 31.6. The maximum Gasteiger partial charge on any atom is 0.165 e. The van der Waals surface area contributed by atoms with Gasteiger partial charge in [0.05, 0.1) is 7.11 Å². The monoisotopic (exact) mass is 249 g/mol. The molecule has 0 aromatic heterocycles. The van der Waals surface area contributed by atoms with E-state index < -0.39 is 0 Å². The first-order valence-electron chi connectivity index (χ1n) is 6.81. The molecule has 2 N–H and O–H groups in total. The average molecular weight is 249 g/mol. The van der Waals surface area contributed by atoms with Crippen molar-refractivity contribution in [2.75, 3.05) is 7.11 Å². The number of rotatable bonds is 3. The van der Waals surface area contributed by atoms with Crippen molar-refractivity contribution in [3.63, 3.8) is 0 Å². The summed E-state index contributed by atoms with van der Waals surface area (Å²) in [4.78, 5) is 0. The highest BCUT2D eigenvalue weighted by atomic mass is 19.1. The third-order valence-electron chi connectivity index (χ3n) is 4.70. The van der Waals surface area contributed by atoms with Gasteiger partial charge in [0.1, 0.15) is 0 Å². The van der Waals surface area contributed by atoms with E-state index in [2.05, 4.69) is 0 Å². The van der Waals surface area contributed by atoms with Crippen LogP contribution in [0.4, 0.5) is 4.39 Å². The number of hydrogen-bond donors (Lipinski definition) is 1. The lowest BCUT2D eigenvalue weighted by Crippen LogP contribution is -2.14. The van der Waals surface area contributed by atoms with Crippen LogP contribution in [0.3, 0.4) is 0 Å². The Bertz CT molecular complexity index is 436. The Labute approximate surface area is 107 Å². The molecule has 3 atom stereocenters. The minimum absolute atomic E-state index is 0.0153. The zero-order valence-corrected chi connectivity index (χ0v) is 10.7. The van der Waals surface area contributed by atoms with Crippen LogP contribution < -0.4 is 10.5 Å². The minimum atomic E-state index is -0.311. The van der Waals surface area contributed by atoms with Gasteiger partial charge < -0.3 is 10.5 Å². The molecule has 98 valence electrons. The third kappa shape index (κ3) is 1.91. The molecular weight excluding hydrogens is 229 g/mol. The molecule has 2 fully saturated rings. The molecule has 2 aliphatic carbocycles. The van der Waals surface area contributed by atoms with Gasteiger partial charge in [0, 0.05) is 6.04 Å². The second-order valence-electron chi connectivity index (χ2n) is 5.61. The fourth-order valence-electron chi connectivity index (χ4n) is 3.69. The van der Waals surface area contributed by atoms with Crippen LogP contribution in [0, 0.1) is 23.6 Å². The number of fused-ring (bicyclic) bond motifs is 1. The van der Waals surface area contributed by atoms with Gasteiger partial charge >= 0.3 is 0 Å². The fraction of sp³-hybridized carbons (Fsp3) is 0.600. The summed E-state index contributed by atoms with van der Waals surface area (Å²) >= 11 is 0. The van der Waals surface area contributed by atoms with Gasteiger partial charge in [-0.15, -0.1) is 0 Å².